The van der Waals surface area contributed by atoms with E-state index in [1.54, 1.807) is 18.2 Å². The fraction of sp³-hybridized carbons (Fsp3) is 0.375. The van der Waals surface area contributed by atoms with E-state index >= 15 is 0 Å². The van der Waals surface area contributed by atoms with Crippen LogP contribution in [-0.2, 0) is 9.59 Å². The Morgan fingerprint density at radius 1 is 1.09 bits per heavy atom. The molecule has 2 aliphatic rings. The Balaban J connectivity index is 1.79. The molecule has 116 valence electrons. The first-order valence-electron chi connectivity index (χ1n) is 7.24. The van der Waals surface area contributed by atoms with Gasteiger partial charge in [-0.3, -0.25) is 9.59 Å². The molecule has 0 bridgehead atoms. The number of amides is 1. The summed E-state index contributed by atoms with van der Waals surface area (Å²) in [6.07, 6.45) is 4.46. The maximum atomic E-state index is 12.5. The molecule has 22 heavy (non-hydrogen) atoms. The van der Waals surface area contributed by atoms with Gasteiger partial charge in [0, 0.05) is 0 Å². The summed E-state index contributed by atoms with van der Waals surface area (Å²) in [5.74, 6) is -1.44. The van der Waals surface area contributed by atoms with E-state index in [1.807, 2.05) is 12.2 Å². The molecule has 1 heterocycles. The number of carbonyl (C=O) groups is 2. The van der Waals surface area contributed by atoms with Crippen LogP contribution >= 0.6 is 0 Å². The molecule has 0 saturated heterocycles. The predicted molar refractivity (Wildman–Crippen MR) is 79.1 cm³/mol. The SMILES string of the molecule is O=C(O)C1CC=CCC1C(=O)Nc1cccc2c1OCCO2. The van der Waals surface area contributed by atoms with E-state index in [4.69, 9.17) is 9.47 Å². The van der Waals surface area contributed by atoms with Crippen molar-refractivity contribution in [2.75, 3.05) is 18.5 Å². The van der Waals surface area contributed by atoms with Crippen molar-refractivity contribution in [3.05, 3.63) is 30.4 Å². The van der Waals surface area contributed by atoms with Crippen molar-refractivity contribution in [3.8, 4) is 11.5 Å². The second-order valence-electron chi connectivity index (χ2n) is 5.31. The number of aliphatic carboxylic acids is 1. The minimum Gasteiger partial charge on any atom is -0.486 e. The van der Waals surface area contributed by atoms with Crippen LogP contribution in [0.3, 0.4) is 0 Å². The third-order valence-corrected chi connectivity index (χ3v) is 3.91. The molecule has 1 aromatic rings. The zero-order valence-corrected chi connectivity index (χ0v) is 12.0. The number of allylic oxidation sites excluding steroid dienone is 2. The first kappa shape index (κ1) is 14.4. The number of para-hydroxylation sites is 1. The van der Waals surface area contributed by atoms with Crippen molar-refractivity contribution in [1.82, 2.24) is 0 Å². The summed E-state index contributed by atoms with van der Waals surface area (Å²) in [6, 6.07) is 5.26. The average Bonchev–Trinajstić information content (AvgIpc) is 2.55. The van der Waals surface area contributed by atoms with Gasteiger partial charge in [-0.2, -0.15) is 0 Å². The van der Waals surface area contributed by atoms with Gasteiger partial charge in [0.25, 0.3) is 0 Å². The Morgan fingerprint density at radius 2 is 1.82 bits per heavy atom. The number of benzene rings is 1. The van der Waals surface area contributed by atoms with Crippen LogP contribution in [0.2, 0.25) is 0 Å². The van der Waals surface area contributed by atoms with Gasteiger partial charge in [0.15, 0.2) is 11.5 Å². The number of fused-ring (bicyclic) bond motifs is 1. The Kier molecular flexibility index (Phi) is 4.00. The molecule has 2 N–H and O–H groups in total. The molecule has 1 aliphatic heterocycles. The van der Waals surface area contributed by atoms with Gasteiger partial charge in [0.2, 0.25) is 5.91 Å². The largest absolute Gasteiger partial charge is 0.486 e. The number of nitrogens with one attached hydrogen (secondary N) is 1. The van der Waals surface area contributed by atoms with Gasteiger partial charge in [0.1, 0.15) is 13.2 Å². The monoisotopic (exact) mass is 303 g/mol. The van der Waals surface area contributed by atoms with Crippen LogP contribution in [0.1, 0.15) is 12.8 Å². The maximum absolute atomic E-state index is 12.5. The number of hydrogen-bond acceptors (Lipinski definition) is 4. The smallest absolute Gasteiger partial charge is 0.307 e. The molecule has 1 aromatic carbocycles. The van der Waals surface area contributed by atoms with E-state index in [0.717, 1.165) is 0 Å². The summed E-state index contributed by atoms with van der Waals surface area (Å²) in [7, 11) is 0. The zero-order chi connectivity index (χ0) is 15.5. The number of ether oxygens (including phenoxy) is 2. The van der Waals surface area contributed by atoms with Gasteiger partial charge < -0.3 is 19.9 Å². The number of carboxylic acid groups (broad SMARTS) is 1. The van der Waals surface area contributed by atoms with Crippen molar-refractivity contribution in [2.24, 2.45) is 11.8 Å². The van der Waals surface area contributed by atoms with E-state index in [0.29, 0.717) is 43.2 Å². The molecule has 3 rings (SSSR count). The Labute approximate surface area is 127 Å². The van der Waals surface area contributed by atoms with Gasteiger partial charge in [-0.25, -0.2) is 0 Å². The second kappa shape index (κ2) is 6.09. The third kappa shape index (κ3) is 2.77. The normalized spacial score (nSPS) is 22.9. The minimum absolute atomic E-state index is 0.306. The molecule has 1 aliphatic carbocycles. The van der Waals surface area contributed by atoms with Crippen LogP contribution in [0.25, 0.3) is 0 Å². The first-order valence-corrected chi connectivity index (χ1v) is 7.24. The second-order valence-corrected chi connectivity index (χ2v) is 5.31. The lowest BCUT2D eigenvalue weighted by molar-refractivity contribution is -0.146. The number of hydrogen-bond donors (Lipinski definition) is 2. The Hall–Kier alpha value is -2.50. The fourth-order valence-electron chi connectivity index (χ4n) is 2.77. The quantitative estimate of drug-likeness (QED) is 0.835. The highest BCUT2D eigenvalue weighted by Gasteiger charge is 2.34. The van der Waals surface area contributed by atoms with E-state index in [1.165, 1.54) is 0 Å². The zero-order valence-electron chi connectivity index (χ0n) is 12.0. The van der Waals surface area contributed by atoms with Crippen LogP contribution in [-0.4, -0.2) is 30.2 Å². The molecule has 2 unspecified atom stereocenters. The molecule has 2 atom stereocenters. The lowest BCUT2D eigenvalue weighted by atomic mass is 9.82. The highest BCUT2D eigenvalue weighted by molar-refractivity contribution is 5.97. The van der Waals surface area contributed by atoms with Crippen molar-refractivity contribution in [2.45, 2.75) is 12.8 Å². The molecule has 0 spiro atoms. The van der Waals surface area contributed by atoms with Gasteiger partial charge in [0.05, 0.1) is 17.5 Å². The van der Waals surface area contributed by atoms with Crippen LogP contribution in [0.4, 0.5) is 5.69 Å². The van der Waals surface area contributed by atoms with Crippen molar-refractivity contribution < 1.29 is 24.2 Å². The Morgan fingerprint density at radius 3 is 2.59 bits per heavy atom. The van der Waals surface area contributed by atoms with Gasteiger partial charge in [-0.05, 0) is 25.0 Å². The molecule has 0 radical (unpaired) electrons. The van der Waals surface area contributed by atoms with E-state index in [9.17, 15) is 14.7 Å². The molecule has 6 heteroatoms. The standard InChI is InChI=1S/C16H17NO5/c18-15(10-4-1-2-5-11(10)16(19)20)17-12-6-3-7-13-14(12)22-9-8-21-13/h1-3,6-7,10-11H,4-5,8-9H2,(H,17,18)(H,19,20). The molecule has 0 saturated carbocycles. The maximum Gasteiger partial charge on any atom is 0.307 e. The minimum atomic E-state index is -0.945. The molecule has 0 fully saturated rings. The summed E-state index contributed by atoms with van der Waals surface area (Å²) in [6.45, 7) is 0.892. The van der Waals surface area contributed by atoms with Gasteiger partial charge >= 0.3 is 5.97 Å². The number of carboxylic acids is 1. The van der Waals surface area contributed by atoms with Crippen LogP contribution < -0.4 is 14.8 Å². The topological polar surface area (TPSA) is 84.9 Å². The van der Waals surface area contributed by atoms with Crippen LogP contribution in [0, 0.1) is 11.8 Å². The highest BCUT2D eigenvalue weighted by atomic mass is 16.6. The Bertz CT molecular complexity index is 625. The lowest BCUT2D eigenvalue weighted by Crippen LogP contribution is -2.35. The highest BCUT2D eigenvalue weighted by Crippen LogP contribution is 2.38. The number of anilines is 1. The number of rotatable bonds is 3. The molecular formula is C16H17NO5. The van der Waals surface area contributed by atoms with E-state index in [-0.39, 0.29) is 5.91 Å². The molecule has 1 amide bonds. The molecule has 6 nitrogen and oxygen atoms in total. The summed E-state index contributed by atoms with van der Waals surface area (Å²) in [5, 5.41) is 12.0. The van der Waals surface area contributed by atoms with E-state index in [2.05, 4.69) is 5.32 Å². The summed E-state index contributed by atoms with van der Waals surface area (Å²) >= 11 is 0. The lowest BCUT2D eigenvalue weighted by Gasteiger charge is -2.26. The van der Waals surface area contributed by atoms with Gasteiger partial charge in [-0.1, -0.05) is 18.2 Å². The molecule has 0 aromatic heterocycles. The average molecular weight is 303 g/mol. The van der Waals surface area contributed by atoms with Crippen molar-refractivity contribution in [3.63, 3.8) is 0 Å². The van der Waals surface area contributed by atoms with Crippen molar-refractivity contribution >= 4 is 17.6 Å². The molecular weight excluding hydrogens is 286 g/mol. The predicted octanol–water partition coefficient (Wildman–Crippen LogP) is 2.06. The van der Waals surface area contributed by atoms with Crippen molar-refractivity contribution in [1.29, 1.82) is 0 Å². The first-order chi connectivity index (χ1) is 10.7. The van der Waals surface area contributed by atoms with Crippen LogP contribution in [0.15, 0.2) is 30.4 Å². The van der Waals surface area contributed by atoms with Crippen LogP contribution in [0.5, 0.6) is 11.5 Å². The van der Waals surface area contributed by atoms with Gasteiger partial charge in [-0.15, -0.1) is 0 Å². The summed E-state index contributed by atoms with van der Waals surface area (Å²) in [4.78, 5) is 23.8. The summed E-state index contributed by atoms with van der Waals surface area (Å²) < 4.78 is 11.0. The number of carbonyl (C=O) groups excluding carboxylic acids is 1. The fourth-order valence-corrected chi connectivity index (χ4v) is 2.77. The van der Waals surface area contributed by atoms with E-state index < -0.39 is 17.8 Å². The third-order valence-electron chi connectivity index (χ3n) is 3.91. The summed E-state index contributed by atoms with van der Waals surface area (Å²) in [5.41, 5.74) is 0.515.